The van der Waals surface area contributed by atoms with Crippen LogP contribution in [0.5, 0.6) is 17.2 Å². The Morgan fingerprint density at radius 3 is 2.44 bits per heavy atom. The van der Waals surface area contributed by atoms with Crippen molar-refractivity contribution in [2.45, 2.75) is 20.0 Å². The Bertz CT molecular complexity index is 1090. The maximum atomic E-state index is 12.8. The summed E-state index contributed by atoms with van der Waals surface area (Å²) >= 11 is 0. The highest BCUT2D eigenvalue weighted by Gasteiger charge is 2.14. The van der Waals surface area contributed by atoms with Crippen LogP contribution in [0.2, 0.25) is 0 Å². The number of aromatic nitrogens is 3. The number of aryl methyl sites for hydroxylation is 1. The van der Waals surface area contributed by atoms with E-state index in [2.05, 4.69) is 20.3 Å². The molecule has 3 N–H and O–H groups in total. The van der Waals surface area contributed by atoms with Crippen molar-refractivity contribution in [3.63, 3.8) is 0 Å². The first-order valence-electron chi connectivity index (χ1n) is 9.68. The summed E-state index contributed by atoms with van der Waals surface area (Å²) in [7, 11) is 1.57. The fourth-order valence-corrected chi connectivity index (χ4v) is 2.70. The highest BCUT2D eigenvalue weighted by Crippen LogP contribution is 2.28. The summed E-state index contributed by atoms with van der Waals surface area (Å²) in [6.07, 6.45) is 4.13. The smallest absolute Gasteiger partial charge is 0.267 e. The largest absolute Gasteiger partial charge is 0.488 e. The minimum atomic E-state index is -0.641. The average Bonchev–Trinajstić information content (AvgIpc) is 2.75. The van der Waals surface area contributed by atoms with Gasteiger partial charge in [-0.05, 0) is 38.1 Å². The van der Waals surface area contributed by atoms with Gasteiger partial charge in [0.2, 0.25) is 0 Å². The normalized spacial score (nSPS) is 11.5. The van der Waals surface area contributed by atoms with Gasteiger partial charge in [-0.25, -0.2) is 9.97 Å². The van der Waals surface area contributed by atoms with E-state index in [0.717, 1.165) is 5.69 Å². The number of carbonyl (C=O) groups excluding carboxylic acids is 2. The van der Waals surface area contributed by atoms with Crippen LogP contribution in [0.3, 0.4) is 0 Å². The van der Waals surface area contributed by atoms with Gasteiger partial charge >= 0.3 is 0 Å². The summed E-state index contributed by atoms with van der Waals surface area (Å²) in [6.45, 7) is 4.00. The quantitative estimate of drug-likeness (QED) is 0.521. The summed E-state index contributed by atoms with van der Waals surface area (Å²) in [5, 5.41) is 2.69. The number of methoxy groups -OCH3 is 1. The molecule has 0 unspecified atom stereocenters. The molecule has 2 amide bonds. The second kappa shape index (κ2) is 10.3. The number of hydrogen-bond donors (Lipinski definition) is 2. The molecule has 0 saturated heterocycles. The van der Waals surface area contributed by atoms with E-state index >= 15 is 0 Å². The fourth-order valence-electron chi connectivity index (χ4n) is 2.70. The molecule has 1 aromatic carbocycles. The number of benzene rings is 1. The maximum Gasteiger partial charge on any atom is 0.267 e. The van der Waals surface area contributed by atoms with E-state index in [1.54, 1.807) is 44.5 Å². The number of carbonyl (C=O) groups is 2. The molecule has 10 nitrogen and oxygen atoms in total. The van der Waals surface area contributed by atoms with Crippen molar-refractivity contribution in [2.24, 2.45) is 5.73 Å². The number of primary amides is 1. The number of ether oxygens (including phenoxy) is 3. The molecule has 1 atom stereocenters. The van der Waals surface area contributed by atoms with Gasteiger partial charge in [-0.3, -0.25) is 14.6 Å². The van der Waals surface area contributed by atoms with E-state index in [9.17, 15) is 9.59 Å². The summed E-state index contributed by atoms with van der Waals surface area (Å²) < 4.78 is 16.8. The third-order valence-electron chi connectivity index (χ3n) is 4.13. The first-order valence-corrected chi connectivity index (χ1v) is 9.68. The minimum Gasteiger partial charge on any atom is -0.488 e. The van der Waals surface area contributed by atoms with Crippen LogP contribution < -0.4 is 20.5 Å². The number of nitrogens with zero attached hydrogens (tertiary/aromatic N) is 3. The SMILES string of the molecule is COC[C@@H](C)Oc1cc(Oc2ccc(C(N)=O)nc2)cc(C(=O)Nc2cnc(C)cn2)c1. The standard InChI is InChI=1S/C22H23N5O5/c1-13-9-26-20(11-24-13)27-22(29)15-6-17(31-14(2)12-30-3)8-18(7-15)32-16-4-5-19(21(23)28)25-10-16/h4-11,14H,12H2,1-3H3,(H2,23,28)(H,26,27,29)/t14-/m1/s1. The lowest BCUT2D eigenvalue weighted by Crippen LogP contribution is -2.19. The van der Waals surface area contributed by atoms with Crippen molar-refractivity contribution in [3.8, 4) is 17.2 Å². The third-order valence-corrected chi connectivity index (χ3v) is 4.13. The van der Waals surface area contributed by atoms with E-state index in [0.29, 0.717) is 29.7 Å². The van der Waals surface area contributed by atoms with Gasteiger partial charge in [-0.15, -0.1) is 0 Å². The van der Waals surface area contributed by atoms with Gasteiger partial charge in [0.25, 0.3) is 11.8 Å². The van der Waals surface area contributed by atoms with E-state index in [1.165, 1.54) is 18.5 Å². The average molecular weight is 437 g/mol. The van der Waals surface area contributed by atoms with Crippen LogP contribution in [0, 0.1) is 6.92 Å². The van der Waals surface area contributed by atoms with Gasteiger partial charge in [0, 0.05) is 18.7 Å². The van der Waals surface area contributed by atoms with Crippen LogP contribution in [0.1, 0.15) is 33.5 Å². The summed E-state index contributed by atoms with van der Waals surface area (Å²) in [5.74, 6) is 0.355. The van der Waals surface area contributed by atoms with Crippen molar-refractivity contribution >= 4 is 17.6 Å². The number of pyridine rings is 1. The van der Waals surface area contributed by atoms with Gasteiger partial charge in [0.1, 0.15) is 29.0 Å². The van der Waals surface area contributed by atoms with Gasteiger partial charge in [0.15, 0.2) is 5.82 Å². The van der Waals surface area contributed by atoms with Gasteiger partial charge in [0.05, 0.1) is 30.9 Å². The molecule has 3 aromatic rings. The Kier molecular flexibility index (Phi) is 7.29. The van der Waals surface area contributed by atoms with E-state index in [1.807, 2.05) is 6.92 Å². The topological polar surface area (TPSA) is 139 Å². The number of hydrogen-bond acceptors (Lipinski definition) is 8. The van der Waals surface area contributed by atoms with Crippen LogP contribution in [-0.2, 0) is 4.74 Å². The van der Waals surface area contributed by atoms with Gasteiger partial charge < -0.3 is 25.3 Å². The number of nitrogens with one attached hydrogen (secondary N) is 1. The monoisotopic (exact) mass is 437 g/mol. The molecule has 2 aromatic heterocycles. The van der Waals surface area contributed by atoms with Crippen LogP contribution in [-0.4, -0.2) is 46.6 Å². The van der Waals surface area contributed by atoms with E-state index in [4.69, 9.17) is 19.9 Å². The maximum absolute atomic E-state index is 12.8. The molecule has 2 heterocycles. The summed E-state index contributed by atoms with van der Waals surface area (Å²) in [6, 6.07) is 7.77. The molecule has 0 aliphatic heterocycles. The number of rotatable bonds is 9. The van der Waals surface area contributed by atoms with E-state index in [-0.39, 0.29) is 17.4 Å². The molecule has 0 fully saturated rings. The zero-order chi connectivity index (χ0) is 23.1. The summed E-state index contributed by atoms with van der Waals surface area (Å²) in [5.41, 5.74) is 6.34. The fraction of sp³-hybridized carbons (Fsp3) is 0.227. The van der Waals surface area contributed by atoms with E-state index < -0.39 is 11.8 Å². The second-order valence-electron chi connectivity index (χ2n) is 6.92. The van der Waals surface area contributed by atoms with Crippen LogP contribution in [0.25, 0.3) is 0 Å². The lowest BCUT2D eigenvalue weighted by molar-refractivity contribution is 0.0915. The van der Waals surface area contributed by atoms with Crippen LogP contribution in [0.15, 0.2) is 48.9 Å². The number of nitrogens with two attached hydrogens (primary N) is 1. The Morgan fingerprint density at radius 2 is 1.81 bits per heavy atom. The second-order valence-corrected chi connectivity index (χ2v) is 6.92. The predicted octanol–water partition coefficient (Wildman–Crippen LogP) is 2.74. The zero-order valence-electron chi connectivity index (χ0n) is 17.9. The number of amides is 2. The Balaban J connectivity index is 1.86. The molecule has 32 heavy (non-hydrogen) atoms. The van der Waals surface area contributed by atoms with Gasteiger partial charge in [-0.1, -0.05) is 0 Å². The Morgan fingerprint density at radius 1 is 1.03 bits per heavy atom. The molecule has 0 spiro atoms. The van der Waals surface area contributed by atoms with Crippen molar-refractivity contribution in [3.05, 3.63) is 65.9 Å². The number of anilines is 1. The predicted molar refractivity (Wildman–Crippen MR) is 116 cm³/mol. The summed E-state index contributed by atoms with van der Waals surface area (Å²) in [4.78, 5) is 36.2. The minimum absolute atomic E-state index is 0.113. The zero-order valence-corrected chi connectivity index (χ0v) is 17.9. The van der Waals surface area contributed by atoms with Crippen LogP contribution >= 0.6 is 0 Å². The van der Waals surface area contributed by atoms with Crippen molar-refractivity contribution < 1.29 is 23.8 Å². The highest BCUT2D eigenvalue weighted by molar-refractivity contribution is 6.04. The lowest BCUT2D eigenvalue weighted by atomic mass is 10.2. The molecule has 0 aliphatic rings. The first kappa shape index (κ1) is 22.6. The van der Waals surface area contributed by atoms with Crippen LogP contribution in [0.4, 0.5) is 5.82 Å². The molecule has 0 radical (unpaired) electrons. The molecule has 3 rings (SSSR count). The lowest BCUT2D eigenvalue weighted by Gasteiger charge is -2.16. The molecule has 0 saturated carbocycles. The molecule has 10 heteroatoms. The van der Waals surface area contributed by atoms with Crippen molar-refractivity contribution in [1.82, 2.24) is 15.0 Å². The first-order chi connectivity index (χ1) is 15.3. The highest BCUT2D eigenvalue weighted by atomic mass is 16.5. The van der Waals surface area contributed by atoms with Crippen molar-refractivity contribution in [2.75, 3.05) is 19.0 Å². The molecular formula is C22H23N5O5. The van der Waals surface area contributed by atoms with Gasteiger partial charge in [-0.2, -0.15) is 0 Å². The molecule has 0 aliphatic carbocycles. The Labute approximate surface area is 184 Å². The third kappa shape index (κ3) is 6.22. The molecule has 0 bridgehead atoms. The molecular weight excluding hydrogens is 414 g/mol. The Hall–Kier alpha value is -4.05. The molecule has 166 valence electrons. The van der Waals surface area contributed by atoms with Crippen molar-refractivity contribution in [1.29, 1.82) is 0 Å².